The highest BCUT2D eigenvalue weighted by atomic mass is 16.6. The van der Waals surface area contributed by atoms with Crippen LogP contribution in [0.5, 0.6) is 0 Å². The number of carbonyl (C=O) groups excluding carboxylic acids is 3. The SMILES string of the molecule is CC/C=C\C/C=C\C/C=C\C/C=C\C/C=C\CCCCCC(=O)OCC(COC(=O)CCCCCCCCC/C=C\C/C=C\CCCCC)OC(=O)CCCCCCCCCCCCCCCCCCCCC. The lowest BCUT2D eigenvalue weighted by Crippen LogP contribution is -2.30. The first kappa shape index (κ1) is 69.6. The van der Waals surface area contributed by atoms with E-state index in [0.29, 0.717) is 19.3 Å². The Labute approximate surface area is 452 Å². The Kier molecular flexibility index (Phi) is 58.3. The van der Waals surface area contributed by atoms with Crippen LogP contribution in [0.3, 0.4) is 0 Å². The third kappa shape index (κ3) is 59.3. The van der Waals surface area contributed by atoms with Crippen LogP contribution >= 0.6 is 0 Å². The summed E-state index contributed by atoms with van der Waals surface area (Å²) in [6, 6.07) is 0. The van der Waals surface area contributed by atoms with Gasteiger partial charge in [-0.3, -0.25) is 14.4 Å². The van der Waals surface area contributed by atoms with Crippen LogP contribution in [-0.2, 0) is 28.6 Å². The van der Waals surface area contributed by atoms with Crippen molar-refractivity contribution in [3.63, 3.8) is 0 Å². The molecule has 0 spiro atoms. The summed E-state index contributed by atoms with van der Waals surface area (Å²) < 4.78 is 16.9. The van der Waals surface area contributed by atoms with Crippen molar-refractivity contribution >= 4 is 17.9 Å². The first-order valence-electron chi connectivity index (χ1n) is 31.1. The Morgan fingerprint density at radius 1 is 0.288 bits per heavy atom. The smallest absolute Gasteiger partial charge is 0.306 e. The van der Waals surface area contributed by atoms with Gasteiger partial charge in [0, 0.05) is 19.3 Å². The number of ether oxygens (including phenoxy) is 3. The molecule has 0 N–H and O–H groups in total. The molecule has 1 atom stereocenters. The maximum Gasteiger partial charge on any atom is 0.306 e. The lowest BCUT2D eigenvalue weighted by atomic mass is 10.0. The summed E-state index contributed by atoms with van der Waals surface area (Å²) >= 11 is 0. The van der Waals surface area contributed by atoms with Crippen molar-refractivity contribution in [3.8, 4) is 0 Å². The van der Waals surface area contributed by atoms with Gasteiger partial charge in [0.15, 0.2) is 6.10 Å². The van der Waals surface area contributed by atoms with Crippen LogP contribution in [0.2, 0.25) is 0 Å². The van der Waals surface area contributed by atoms with E-state index in [1.807, 2.05) is 0 Å². The van der Waals surface area contributed by atoms with Gasteiger partial charge in [-0.05, 0) is 96.3 Å². The summed E-state index contributed by atoms with van der Waals surface area (Å²) in [6.07, 6.45) is 80.1. The second kappa shape index (κ2) is 61.1. The molecule has 0 rings (SSSR count). The van der Waals surface area contributed by atoms with Crippen LogP contribution < -0.4 is 0 Å². The van der Waals surface area contributed by atoms with Crippen molar-refractivity contribution in [2.45, 2.75) is 309 Å². The molecule has 1 unspecified atom stereocenters. The molecular formula is C67H116O6. The van der Waals surface area contributed by atoms with E-state index in [9.17, 15) is 14.4 Å². The van der Waals surface area contributed by atoms with Crippen molar-refractivity contribution in [3.05, 3.63) is 85.1 Å². The van der Waals surface area contributed by atoms with E-state index in [1.165, 1.54) is 154 Å². The highest BCUT2D eigenvalue weighted by Crippen LogP contribution is 2.16. The quantitative estimate of drug-likeness (QED) is 0.0261. The molecule has 0 saturated carbocycles. The van der Waals surface area contributed by atoms with Gasteiger partial charge in [0.05, 0.1) is 0 Å². The Balaban J connectivity index is 4.43. The Morgan fingerprint density at radius 2 is 0.534 bits per heavy atom. The van der Waals surface area contributed by atoms with Crippen molar-refractivity contribution in [1.82, 2.24) is 0 Å². The predicted octanol–water partition coefficient (Wildman–Crippen LogP) is 21.1. The first-order chi connectivity index (χ1) is 36.0. The number of esters is 3. The Bertz CT molecular complexity index is 1400. The summed E-state index contributed by atoms with van der Waals surface area (Å²) in [6.45, 7) is 6.50. The molecule has 0 fully saturated rings. The van der Waals surface area contributed by atoms with E-state index >= 15 is 0 Å². The summed E-state index contributed by atoms with van der Waals surface area (Å²) in [5.74, 6) is -0.916. The summed E-state index contributed by atoms with van der Waals surface area (Å²) in [4.78, 5) is 38.3. The molecule has 0 aliphatic rings. The molecule has 0 aliphatic heterocycles. The van der Waals surface area contributed by atoms with Crippen molar-refractivity contribution in [1.29, 1.82) is 0 Å². The summed E-state index contributed by atoms with van der Waals surface area (Å²) in [7, 11) is 0. The number of carbonyl (C=O) groups is 3. The Hall–Kier alpha value is -3.41. The fraction of sp³-hybridized carbons (Fsp3) is 0.746. The summed E-state index contributed by atoms with van der Waals surface area (Å²) in [5.41, 5.74) is 0. The fourth-order valence-electron chi connectivity index (χ4n) is 8.74. The molecule has 420 valence electrons. The lowest BCUT2D eigenvalue weighted by Gasteiger charge is -2.18. The highest BCUT2D eigenvalue weighted by molar-refractivity contribution is 5.71. The van der Waals surface area contributed by atoms with Gasteiger partial charge in [-0.2, -0.15) is 0 Å². The van der Waals surface area contributed by atoms with Crippen molar-refractivity contribution in [2.75, 3.05) is 13.2 Å². The van der Waals surface area contributed by atoms with Crippen LogP contribution in [0.1, 0.15) is 303 Å². The van der Waals surface area contributed by atoms with Gasteiger partial charge in [0.25, 0.3) is 0 Å². The zero-order valence-electron chi connectivity index (χ0n) is 48.1. The molecule has 0 aromatic carbocycles. The van der Waals surface area contributed by atoms with Crippen LogP contribution in [0.15, 0.2) is 85.1 Å². The largest absolute Gasteiger partial charge is 0.462 e. The molecule has 6 nitrogen and oxygen atoms in total. The minimum atomic E-state index is -0.794. The molecule has 0 aromatic heterocycles. The van der Waals surface area contributed by atoms with E-state index in [4.69, 9.17) is 14.2 Å². The minimum Gasteiger partial charge on any atom is -0.462 e. The molecule has 0 heterocycles. The van der Waals surface area contributed by atoms with E-state index in [-0.39, 0.29) is 31.1 Å². The van der Waals surface area contributed by atoms with Crippen LogP contribution in [0, 0.1) is 0 Å². The van der Waals surface area contributed by atoms with Crippen molar-refractivity contribution in [2.24, 2.45) is 0 Å². The second-order valence-electron chi connectivity index (χ2n) is 20.6. The third-order valence-corrected chi connectivity index (χ3v) is 13.4. The Morgan fingerprint density at radius 3 is 0.877 bits per heavy atom. The molecule has 73 heavy (non-hydrogen) atoms. The average molecular weight is 1020 g/mol. The molecule has 0 aromatic rings. The van der Waals surface area contributed by atoms with E-state index < -0.39 is 6.10 Å². The number of unbranched alkanes of at least 4 members (excludes halogenated alkanes) is 31. The van der Waals surface area contributed by atoms with Crippen molar-refractivity contribution < 1.29 is 28.6 Å². The molecular weight excluding hydrogens is 901 g/mol. The van der Waals surface area contributed by atoms with E-state index in [1.54, 1.807) is 0 Å². The molecule has 0 amide bonds. The van der Waals surface area contributed by atoms with Gasteiger partial charge in [-0.25, -0.2) is 0 Å². The minimum absolute atomic E-state index is 0.0893. The number of rotatable bonds is 56. The van der Waals surface area contributed by atoms with Crippen LogP contribution in [-0.4, -0.2) is 37.2 Å². The maximum atomic E-state index is 12.9. The van der Waals surface area contributed by atoms with E-state index in [2.05, 4.69) is 106 Å². The van der Waals surface area contributed by atoms with Gasteiger partial charge in [0.2, 0.25) is 0 Å². The van der Waals surface area contributed by atoms with Gasteiger partial charge < -0.3 is 14.2 Å². The highest BCUT2D eigenvalue weighted by Gasteiger charge is 2.19. The lowest BCUT2D eigenvalue weighted by molar-refractivity contribution is -0.167. The molecule has 6 heteroatoms. The second-order valence-corrected chi connectivity index (χ2v) is 20.6. The van der Waals surface area contributed by atoms with Gasteiger partial charge >= 0.3 is 17.9 Å². The zero-order valence-corrected chi connectivity index (χ0v) is 48.1. The van der Waals surface area contributed by atoms with Gasteiger partial charge in [-0.15, -0.1) is 0 Å². The van der Waals surface area contributed by atoms with Gasteiger partial charge in [-0.1, -0.05) is 273 Å². The standard InChI is InChI=1S/C67H116O6/c1-4-7-10-13-16-19-22-25-28-31-33-36-39-42-45-48-51-54-57-60-66(69)72-63-64(62-71-65(68)59-56-53-50-47-44-41-38-35-30-27-24-21-18-15-12-9-6-3)73-67(70)61-58-55-52-49-46-43-40-37-34-32-29-26-23-20-17-14-11-8-5-2/h7,10,16,18-19,21,25,27-28,30,33,36,42,45,64H,4-6,8-9,11-15,17,20,22-24,26,29,31-32,34-35,37-41,43-44,46-63H2,1-3H3/b10-7-,19-16-,21-18-,28-25-,30-27-,36-33-,45-42-. The number of allylic oxidation sites excluding steroid dienone is 14. The topological polar surface area (TPSA) is 78.9 Å². The molecule has 0 saturated heterocycles. The molecule has 0 radical (unpaired) electrons. The number of hydrogen-bond donors (Lipinski definition) is 0. The fourth-order valence-corrected chi connectivity index (χ4v) is 8.74. The monoisotopic (exact) mass is 1020 g/mol. The first-order valence-corrected chi connectivity index (χ1v) is 31.1. The number of hydrogen-bond acceptors (Lipinski definition) is 6. The maximum absolute atomic E-state index is 12.9. The average Bonchev–Trinajstić information content (AvgIpc) is 3.39. The zero-order chi connectivity index (χ0) is 52.9. The van der Waals surface area contributed by atoms with Crippen LogP contribution in [0.25, 0.3) is 0 Å². The third-order valence-electron chi connectivity index (χ3n) is 13.4. The normalized spacial score (nSPS) is 12.6. The van der Waals surface area contributed by atoms with Gasteiger partial charge in [0.1, 0.15) is 13.2 Å². The van der Waals surface area contributed by atoms with E-state index in [0.717, 1.165) is 109 Å². The summed E-state index contributed by atoms with van der Waals surface area (Å²) in [5, 5.41) is 0. The van der Waals surface area contributed by atoms with Crippen LogP contribution in [0.4, 0.5) is 0 Å². The predicted molar refractivity (Wildman–Crippen MR) is 316 cm³/mol. The molecule has 0 aliphatic carbocycles. The molecule has 0 bridgehead atoms.